The third-order valence-corrected chi connectivity index (χ3v) is 6.92. The molecule has 0 aliphatic heterocycles. The van der Waals surface area contributed by atoms with E-state index in [0.717, 1.165) is 47.0 Å². The zero-order chi connectivity index (χ0) is 23.8. The van der Waals surface area contributed by atoms with Gasteiger partial charge in [0, 0.05) is 23.2 Å². The lowest BCUT2D eigenvalue weighted by molar-refractivity contribution is 0.195. The van der Waals surface area contributed by atoms with Gasteiger partial charge in [0.05, 0.1) is 41.6 Å². The predicted octanol–water partition coefficient (Wildman–Crippen LogP) is 5.98. The zero-order valence-corrected chi connectivity index (χ0v) is 19.7. The Labute approximate surface area is 204 Å². The molecular formula is C29H28N4O2. The van der Waals surface area contributed by atoms with E-state index in [1.807, 2.05) is 48.9 Å². The van der Waals surface area contributed by atoms with E-state index in [-0.39, 0.29) is 6.04 Å². The number of rotatable bonds is 6. The van der Waals surface area contributed by atoms with Gasteiger partial charge in [-0.05, 0) is 42.9 Å². The number of aliphatic hydroxyl groups excluding tert-OH is 1. The van der Waals surface area contributed by atoms with Gasteiger partial charge < -0.3 is 19.4 Å². The third-order valence-electron chi connectivity index (χ3n) is 6.92. The molecule has 6 rings (SSSR count). The summed E-state index contributed by atoms with van der Waals surface area (Å²) in [5.41, 5.74) is 7.34. The van der Waals surface area contributed by atoms with Crippen LogP contribution < -0.4 is 4.74 Å². The van der Waals surface area contributed by atoms with Crippen molar-refractivity contribution in [1.29, 1.82) is 0 Å². The lowest BCUT2D eigenvalue weighted by Crippen LogP contribution is -2.17. The number of hydrogen-bond donors (Lipinski definition) is 2. The lowest BCUT2D eigenvalue weighted by Gasteiger charge is -2.28. The van der Waals surface area contributed by atoms with Crippen molar-refractivity contribution in [3.05, 3.63) is 102 Å². The summed E-state index contributed by atoms with van der Waals surface area (Å²) in [6, 6.07) is 20.9. The molecule has 2 aromatic carbocycles. The van der Waals surface area contributed by atoms with Crippen molar-refractivity contribution in [3.8, 4) is 17.1 Å². The van der Waals surface area contributed by atoms with Gasteiger partial charge in [-0.15, -0.1) is 0 Å². The van der Waals surface area contributed by atoms with E-state index in [1.54, 1.807) is 13.1 Å². The molecule has 0 amide bonds. The third kappa shape index (κ3) is 4.00. The van der Waals surface area contributed by atoms with Crippen LogP contribution in [0, 0.1) is 0 Å². The summed E-state index contributed by atoms with van der Waals surface area (Å²) < 4.78 is 8.26. The van der Waals surface area contributed by atoms with Crippen molar-refractivity contribution >= 4 is 10.9 Å². The summed E-state index contributed by atoms with van der Waals surface area (Å²) in [7, 11) is 0. The Hall–Kier alpha value is -3.90. The van der Waals surface area contributed by atoms with Crippen molar-refractivity contribution in [2.75, 3.05) is 0 Å². The van der Waals surface area contributed by atoms with E-state index >= 15 is 0 Å². The first kappa shape index (κ1) is 21.6. The van der Waals surface area contributed by atoms with Crippen LogP contribution in [-0.2, 0) is 13.0 Å². The van der Waals surface area contributed by atoms with Gasteiger partial charge in [0.2, 0.25) is 5.88 Å². The summed E-state index contributed by atoms with van der Waals surface area (Å²) in [5, 5.41) is 11.6. The maximum Gasteiger partial charge on any atom is 0.214 e. The molecule has 3 heterocycles. The number of H-pyrrole nitrogens is 1. The molecule has 6 heteroatoms. The molecule has 0 fully saturated rings. The second-order valence-corrected chi connectivity index (χ2v) is 9.21. The van der Waals surface area contributed by atoms with Crippen LogP contribution in [-0.4, -0.2) is 24.6 Å². The second kappa shape index (κ2) is 9.04. The lowest BCUT2D eigenvalue weighted by atomic mass is 9.87. The number of fused-ring (bicyclic) bond motifs is 2. The number of aromatic nitrogens is 4. The minimum absolute atomic E-state index is 0.176. The number of ether oxygens (including phenoxy) is 1. The Balaban J connectivity index is 1.43. The molecular weight excluding hydrogens is 436 g/mol. The average Bonchev–Trinajstić information content (AvgIpc) is 3.51. The monoisotopic (exact) mass is 464 g/mol. The van der Waals surface area contributed by atoms with Crippen LogP contribution in [0.2, 0.25) is 0 Å². The molecule has 0 radical (unpaired) electrons. The van der Waals surface area contributed by atoms with E-state index in [0.29, 0.717) is 18.2 Å². The SMILES string of the molecule is CC(O)c1ncn(C2CCCc3ccccc32)c1-c1c[nH]c2cnc(OCc3ccccc3)cc12. The van der Waals surface area contributed by atoms with E-state index < -0.39 is 6.10 Å². The first-order chi connectivity index (χ1) is 17.2. The fourth-order valence-electron chi connectivity index (χ4n) is 5.22. The van der Waals surface area contributed by atoms with Gasteiger partial charge in [-0.1, -0.05) is 54.6 Å². The Morgan fingerprint density at radius 2 is 1.94 bits per heavy atom. The number of nitrogens with zero attached hydrogens (tertiary/aromatic N) is 3. The maximum atomic E-state index is 10.6. The highest BCUT2D eigenvalue weighted by Crippen LogP contribution is 2.40. The van der Waals surface area contributed by atoms with Gasteiger partial charge in [0.15, 0.2) is 0 Å². The summed E-state index contributed by atoms with van der Waals surface area (Å²) in [6.45, 7) is 2.23. The molecule has 176 valence electrons. The van der Waals surface area contributed by atoms with Crippen molar-refractivity contribution in [2.45, 2.75) is 44.9 Å². The molecule has 0 bridgehead atoms. The van der Waals surface area contributed by atoms with E-state index in [9.17, 15) is 5.11 Å². The number of benzene rings is 2. The highest BCUT2D eigenvalue weighted by atomic mass is 16.5. The Morgan fingerprint density at radius 3 is 2.80 bits per heavy atom. The first-order valence-electron chi connectivity index (χ1n) is 12.2. The number of hydrogen-bond acceptors (Lipinski definition) is 4. The molecule has 6 nitrogen and oxygen atoms in total. The van der Waals surface area contributed by atoms with Crippen molar-refractivity contribution in [2.24, 2.45) is 0 Å². The molecule has 35 heavy (non-hydrogen) atoms. The van der Waals surface area contributed by atoms with Gasteiger partial charge in [0.25, 0.3) is 0 Å². The standard InChI is InChI=1S/C29H28N4O2/c1-19(34)28-29(33(18-32-28)26-13-7-11-21-10-5-6-12-22(21)26)24-15-30-25-16-31-27(14-23(24)25)35-17-20-8-3-2-4-9-20/h2-6,8-10,12,14-16,18-19,26,30,34H,7,11,13,17H2,1H3. The quantitative estimate of drug-likeness (QED) is 0.324. The van der Waals surface area contributed by atoms with Crippen LogP contribution in [0.3, 0.4) is 0 Å². The molecule has 2 N–H and O–H groups in total. The van der Waals surface area contributed by atoms with E-state index in [2.05, 4.69) is 43.8 Å². The molecule has 3 aromatic heterocycles. The number of nitrogens with one attached hydrogen (secondary N) is 1. The molecule has 1 aliphatic carbocycles. The Morgan fingerprint density at radius 1 is 1.11 bits per heavy atom. The minimum Gasteiger partial charge on any atom is -0.473 e. The van der Waals surface area contributed by atoms with Crippen LogP contribution in [0.25, 0.3) is 22.2 Å². The predicted molar refractivity (Wildman–Crippen MR) is 136 cm³/mol. The summed E-state index contributed by atoms with van der Waals surface area (Å²) in [5.74, 6) is 0.565. The van der Waals surface area contributed by atoms with Crippen LogP contribution in [0.1, 0.15) is 54.3 Å². The second-order valence-electron chi connectivity index (χ2n) is 9.21. The van der Waals surface area contributed by atoms with Gasteiger partial charge in [-0.25, -0.2) is 9.97 Å². The molecule has 2 unspecified atom stereocenters. The summed E-state index contributed by atoms with van der Waals surface area (Å²) in [6.07, 6.45) is 8.25. The highest BCUT2D eigenvalue weighted by Gasteiger charge is 2.28. The summed E-state index contributed by atoms with van der Waals surface area (Å²) in [4.78, 5) is 12.5. The number of aliphatic hydroxyl groups is 1. The Kier molecular flexibility index (Phi) is 5.58. The molecule has 1 aliphatic rings. The molecule has 0 spiro atoms. The number of aromatic amines is 1. The molecule has 0 saturated heterocycles. The van der Waals surface area contributed by atoms with Crippen LogP contribution in [0.5, 0.6) is 5.88 Å². The molecule has 5 aromatic rings. The van der Waals surface area contributed by atoms with Crippen LogP contribution in [0.4, 0.5) is 0 Å². The van der Waals surface area contributed by atoms with Crippen molar-refractivity contribution < 1.29 is 9.84 Å². The van der Waals surface area contributed by atoms with E-state index in [4.69, 9.17) is 4.74 Å². The van der Waals surface area contributed by atoms with Gasteiger partial charge in [-0.2, -0.15) is 0 Å². The smallest absolute Gasteiger partial charge is 0.214 e. The number of pyridine rings is 1. The molecule has 0 saturated carbocycles. The minimum atomic E-state index is -0.689. The first-order valence-corrected chi connectivity index (χ1v) is 12.2. The average molecular weight is 465 g/mol. The van der Waals surface area contributed by atoms with Gasteiger partial charge >= 0.3 is 0 Å². The summed E-state index contributed by atoms with van der Waals surface area (Å²) >= 11 is 0. The van der Waals surface area contributed by atoms with Crippen molar-refractivity contribution in [1.82, 2.24) is 19.5 Å². The number of imidazole rings is 1. The van der Waals surface area contributed by atoms with Gasteiger partial charge in [-0.3, -0.25) is 0 Å². The molecule has 2 atom stereocenters. The maximum absolute atomic E-state index is 10.6. The zero-order valence-electron chi connectivity index (χ0n) is 19.7. The topological polar surface area (TPSA) is 76.0 Å². The van der Waals surface area contributed by atoms with Gasteiger partial charge in [0.1, 0.15) is 6.61 Å². The number of aryl methyl sites for hydroxylation is 1. The normalized spacial score (nSPS) is 16.2. The van der Waals surface area contributed by atoms with Crippen LogP contribution >= 0.6 is 0 Å². The highest BCUT2D eigenvalue weighted by molar-refractivity contribution is 5.95. The van der Waals surface area contributed by atoms with Crippen molar-refractivity contribution in [3.63, 3.8) is 0 Å². The van der Waals surface area contributed by atoms with Crippen LogP contribution in [0.15, 0.2) is 79.4 Å². The fraction of sp³-hybridized carbons (Fsp3) is 0.241. The fourth-order valence-corrected chi connectivity index (χ4v) is 5.22. The Bertz CT molecular complexity index is 1470. The van der Waals surface area contributed by atoms with E-state index in [1.165, 1.54) is 11.1 Å². The largest absolute Gasteiger partial charge is 0.473 e.